The average Bonchev–Trinajstić information content (AvgIpc) is 3.47. The number of nitrogens with zero attached hydrogens (tertiary/aromatic N) is 2. The molecule has 0 aliphatic carbocycles. The van der Waals surface area contributed by atoms with Crippen LogP contribution in [0, 0.1) is 10.1 Å². The molecule has 1 fully saturated rings. The van der Waals surface area contributed by atoms with Crippen molar-refractivity contribution in [2.75, 3.05) is 23.3 Å². The van der Waals surface area contributed by atoms with Gasteiger partial charge < -0.3 is 19.7 Å². The van der Waals surface area contributed by atoms with Gasteiger partial charge in [-0.1, -0.05) is 11.6 Å². The minimum atomic E-state index is -0.520. The van der Waals surface area contributed by atoms with Crippen LogP contribution in [-0.4, -0.2) is 29.0 Å². The van der Waals surface area contributed by atoms with Crippen molar-refractivity contribution in [2.45, 2.75) is 19.4 Å². The van der Waals surface area contributed by atoms with Crippen molar-refractivity contribution in [3.05, 3.63) is 75.0 Å². The number of nitro groups is 1. The monoisotopic (exact) mass is 441 g/mol. The first-order valence-corrected chi connectivity index (χ1v) is 10.2. The lowest BCUT2D eigenvalue weighted by atomic mass is 10.1. The molecule has 160 valence electrons. The van der Waals surface area contributed by atoms with Crippen LogP contribution >= 0.6 is 11.6 Å². The third-order valence-electron chi connectivity index (χ3n) is 5.20. The smallest absolute Gasteiger partial charge is 0.270 e. The van der Waals surface area contributed by atoms with Crippen molar-refractivity contribution >= 4 is 34.6 Å². The van der Waals surface area contributed by atoms with Crippen LogP contribution in [-0.2, 0) is 6.61 Å². The number of hydrogen-bond donors (Lipinski definition) is 2. The van der Waals surface area contributed by atoms with Gasteiger partial charge in [-0.3, -0.25) is 14.9 Å². The number of nitrogens with one attached hydrogen (secondary N) is 1. The quantitative estimate of drug-likeness (QED) is 0.418. The van der Waals surface area contributed by atoms with Gasteiger partial charge in [-0.05, 0) is 49.2 Å². The van der Waals surface area contributed by atoms with E-state index < -0.39 is 10.8 Å². The van der Waals surface area contributed by atoms with Gasteiger partial charge in [0.05, 0.1) is 26.9 Å². The number of nitro benzene ring substituents is 1. The van der Waals surface area contributed by atoms with Gasteiger partial charge in [0.25, 0.3) is 11.6 Å². The third kappa shape index (κ3) is 4.40. The molecular formula is C22H20ClN3O5. The van der Waals surface area contributed by atoms with Crippen molar-refractivity contribution in [3.8, 4) is 11.3 Å². The number of aliphatic hydroxyl groups is 1. The number of anilines is 2. The Labute approximate surface area is 183 Å². The second kappa shape index (κ2) is 8.79. The molecule has 0 radical (unpaired) electrons. The van der Waals surface area contributed by atoms with Crippen LogP contribution in [0.5, 0.6) is 0 Å². The van der Waals surface area contributed by atoms with Gasteiger partial charge in [0.2, 0.25) is 0 Å². The van der Waals surface area contributed by atoms with E-state index in [1.165, 1.54) is 12.1 Å². The number of non-ortho nitro benzene ring substituents is 1. The van der Waals surface area contributed by atoms with E-state index in [2.05, 4.69) is 10.2 Å². The lowest BCUT2D eigenvalue weighted by molar-refractivity contribution is -0.384. The summed E-state index contributed by atoms with van der Waals surface area (Å²) in [5.74, 6) is 0.451. The molecule has 0 spiro atoms. The van der Waals surface area contributed by atoms with Crippen molar-refractivity contribution < 1.29 is 19.2 Å². The molecule has 2 heterocycles. The Morgan fingerprint density at radius 2 is 1.94 bits per heavy atom. The highest BCUT2D eigenvalue weighted by molar-refractivity contribution is 6.34. The number of hydrogen-bond acceptors (Lipinski definition) is 6. The van der Waals surface area contributed by atoms with Gasteiger partial charge >= 0.3 is 0 Å². The number of amides is 1. The molecule has 0 unspecified atom stereocenters. The number of aliphatic hydroxyl groups excluding tert-OH is 1. The van der Waals surface area contributed by atoms with E-state index in [1.807, 2.05) is 0 Å². The van der Waals surface area contributed by atoms with Gasteiger partial charge in [-0.2, -0.15) is 0 Å². The van der Waals surface area contributed by atoms with Gasteiger partial charge in [0.15, 0.2) is 0 Å². The third-order valence-corrected chi connectivity index (χ3v) is 5.53. The lowest BCUT2D eigenvalue weighted by Gasteiger charge is -2.21. The zero-order valence-electron chi connectivity index (χ0n) is 16.5. The molecule has 3 aromatic rings. The fourth-order valence-electron chi connectivity index (χ4n) is 3.64. The molecule has 31 heavy (non-hydrogen) atoms. The van der Waals surface area contributed by atoms with Crippen LogP contribution in [0.2, 0.25) is 5.02 Å². The summed E-state index contributed by atoms with van der Waals surface area (Å²) in [6.07, 6.45) is 2.01. The van der Waals surface area contributed by atoms with Crippen molar-refractivity contribution in [3.63, 3.8) is 0 Å². The Balaban J connectivity index is 1.67. The van der Waals surface area contributed by atoms with Crippen LogP contribution in [0.4, 0.5) is 17.1 Å². The highest BCUT2D eigenvalue weighted by atomic mass is 35.5. The van der Waals surface area contributed by atoms with E-state index in [-0.39, 0.29) is 17.9 Å². The molecule has 2 N–H and O–H groups in total. The summed E-state index contributed by atoms with van der Waals surface area (Å²) < 4.78 is 5.54. The highest BCUT2D eigenvalue weighted by Gasteiger charge is 2.23. The Bertz CT molecular complexity index is 1140. The van der Waals surface area contributed by atoms with Crippen LogP contribution in [0.15, 0.2) is 52.9 Å². The van der Waals surface area contributed by atoms with Gasteiger partial charge in [-0.15, -0.1) is 0 Å². The first-order chi connectivity index (χ1) is 15.0. The summed E-state index contributed by atoms with van der Waals surface area (Å²) in [6, 6.07) is 12.7. The standard InChI is InChI=1S/C22H20ClN3O5/c23-18-6-3-14(21-8-5-16(13-27)31-21)11-19(18)24-22(28)17-12-15(26(29)30)4-7-20(17)25-9-1-2-10-25/h3-8,11-12,27H,1-2,9-10,13H2,(H,24,28). The molecule has 1 aromatic heterocycles. The number of carbonyl (C=O) groups is 1. The number of rotatable bonds is 6. The molecule has 1 aliphatic heterocycles. The van der Waals surface area contributed by atoms with E-state index in [1.54, 1.807) is 36.4 Å². The molecule has 1 amide bonds. The fraction of sp³-hybridized carbons (Fsp3) is 0.227. The molecule has 1 aliphatic rings. The summed E-state index contributed by atoms with van der Waals surface area (Å²) >= 11 is 6.29. The number of carbonyl (C=O) groups excluding carboxylic acids is 1. The Hall–Kier alpha value is -3.36. The second-order valence-corrected chi connectivity index (χ2v) is 7.63. The van der Waals surface area contributed by atoms with E-state index in [4.69, 9.17) is 16.0 Å². The predicted octanol–water partition coefficient (Wildman–Crippen LogP) is 4.85. The summed E-state index contributed by atoms with van der Waals surface area (Å²) in [5.41, 5.74) is 1.74. The van der Waals surface area contributed by atoms with Crippen LogP contribution < -0.4 is 10.2 Å². The first-order valence-electron chi connectivity index (χ1n) is 9.80. The molecule has 0 bridgehead atoms. The normalized spacial score (nSPS) is 13.4. The molecule has 8 nitrogen and oxygen atoms in total. The van der Waals surface area contributed by atoms with E-state index >= 15 is 0 Å². The number of halogens is 1. The Morgan fingerprint density at radius 3 is 2.61 bits per heavy atom. The SMILES string of the molecule is O=C(Nc1cc(-c2ccc(CO)o2)ccc1Cl)c1cc([N+](=O)[O-])ccc1N1CCCC1. The average molecular weight is 442 g/mol. The molecule has 0 atom stereocenters. The maximum absolute atomic E-state index is 13.1. The van der Waals surface area contributed by atoms with E-state index in [9.17, 15) is 20.0 Å². The fourth-order valence-corrected chi connectivity index (χ4v) is 3.80. The van der Waals surface area contributed by atoms with Crippen molar-refractivity contribution in [1.82, 2.24) is 0 Å². The van der Waals surface area contributed by atoms with E-state index in [0.29, 0.717) is 33.5 Å². The van der Waals surface area contributed by atoms with Crippen LogP contribution in [0.3, 0.4) is 0 Å². The Kier molecular flexibility index (Phi) is 5.92. The topological polar surface area (TPSA) is 109 Å². The predicted molar refractivity (Wildman–Crippen MR) is 118 cm³/mol. The molecular weight excluding hydrogens is 422 g/mol. The maximum Gasteiger partial charge on any atom is 0.270 e. The lowest BCUT2D eigenvalue weighted by Crippen LogP contribution is -2.23. The molecule has 9 heteroatoms. The van der Waals surface area contributed by atoms with Crippen LogP contribution in [0.25, 0.3) is 11.3 Å². The summed E-state index contributed by atoms with van der Waals surface area (Å²) in [7, 11) is 0. The summed E-state index contributed by atoms with van der Waals surface area (Å²) in [5, 5.41) is 23.6. The second-order valence-electron chi connectivity index (χ2n) is 7.23. The molecule has 2 aromatic carbocycles. The van der Waals surface area contributed by atoms with E-state index in [0.717, 1.165) is 25.9 Å². The minimum Gasteiger partial charge on any atom is -0.459 e. The Morgan fingerprint density at radius 1 is 1.16 bits per heavy atom. The van der Waals surface area contributed by atoms with Gasteiger partial charge in [0.1, 0.15) is 18.1 Å². The van der Waals surface area contributed by atoms with Crippen LogP contribution in [0.1, 0.15) is 29.0 Å². The van der Waals surface area contributed by atoms with Gasteiger partial charge in [0, 0.05) is 30.8 Å². The number of benzene rings is 2. The van der Waals surface area contributed by atoms with Gasteiger partial charge in [-0.25, -0.2) is 0 Å². The number of furan rings is 1. The van der Waals surface area contributed by atoms with Crippen molar-refractivity contribution in [1.29, 1.82) is 0 Å². The zero-order chi connectivity index (χ0) is 22.0. The maximum atomic E-state index is 13.1. The molecule has 1 saturated heterocycles. The zero-order valence-corrected chi connectivity index (χ0v) is 17.3. The minimum absolute atomic E-state index is 0.153. The summed E-state index contributed by atoms with van der Waals surface area (Å²) in [4.78, 5) is 25.9. The first kappa shape index (κ1) is 20.9. The summed E-state index contributed by atoms with van der Waals surface area (Å²) in [6.45, 7) is 1.36. The molecule has 0 saturated carbocycles. The highest BCUT2D eigenvalue weighted by Crippen LogP contribution is 2.33. The van der Waals surface area contributed by atoms with Crippen molar-refractivity contribution in [2.24, 2.45) is 0 Å². The molecule has 4 rings (SSSR count). The largest absolute Gasteiger partial charge is 0.459 e.